The summed E-state index contributed by atoms with van der Waals surface area (Å²) in [6, 6.07) is 2.21. The molecule has 1 saturated heterocycles. The van der Waals surface area contributed by atoms with Gasteiger partial charge in [-0.2, -0.15) is 16.1 Å². The lowest BCUT2D eigenvalue weighted by molar-refractivity contribution is 0.387. The molecule has 0 bridgehead atoms. The maximum atomic E-state index is 12.7. The van der Waals surface area contributed by atoms with E-state index in [4.69, 9.17) is 0 Å². The Labute approximate surface area is 136 Å². The lowest BCUT2D eigenvalue weighted by Crippen LogP contribution is -2.45. The fraction of sp³-hybridized carbons (Fsp3) is 0.714. The summed E-state index contributed by atoms with van der Waals surface area (Å²) in [6.07, 6.45) is 0. The lowest BCUT2D eigenvalue weighted by atomic mass is 10.2. The monoisotopic (exact) mass is 348 g/mol. The Kier molecular flexibility index (Phi) is 5.41. The number of sulfonamides is 1. The molecule has 1 aromatic heterocycles. The summed E-state index contributed by atoms with van der Waals surface area (Å²) >= 11 is 3.35. The van der Waals surface area contributed by atoms with Gasteiger partial charge in [0.15, 0.2) is 0 Å². The first-order chi connectivity index (χ1) is 9.71. The molecule has 7 heteroatoms. The molecule has 4 nitrogen and oxygen atoms in total. The second-order valence-corrected chi connectivity index (χ2v) is 11.0. The van der Waals surface area contributed by atoms with Gasteiger partial charge < -0.3 is 5.32 Å². The Morgan fingerprint density at radius 3 is 2.76 bits per heavy atom. The molecule has 0 unspecified atom stereocenters. The van der Waals surface area contributed by atoms with Crippen LogP contribution in [-0.2, 0) is 16.6 Å². The highest BCUT2D eigenvalue weighted by Gasteiger charge is 2.34. The summed E-state index contributed by atoms with van der Waals surface area (Å²) in [7, 11) is -3.35. The number of hydrogen-bond acceptors (Lipinski definition) is 5. The Morgan fingerprint density at radius 2 is 2.14 bits per heavy atom. The van der Waals surface area contributed by atoms with Crippen LogP contribution >= 0.6 is 23.1 Å². The predicted octanol–water partition coefficient (Wildman–Crippen LogP) is 2.76. The summed E-state index contributed by atoms with van der Waals surface area (Å²) in [5.41, 5.74) is 0. The molecule has 0 saturated carbocycles. The van der Waals surface area contributed by atoms with E-state index < -0.39 is 10.0 Å². The van der Waals surface area contributed by atoms with Crippen molar-refractivity contribution in [2.75, 3.05) is 18.8 Å². The van der Waals surface area contributed by atoms with E-state index in [-0.39, 0.29) is 4.75 Å². The van der Waals surface area contributed by atoms with Gasteiger partial charge in [-0.15, -0.1) is 11.3 Å². The normalized spacial score (nSPS) is 20.0. The summed E-state index contributed by atoms with van der Waals surface area (Å²) in [6.45, 7) is 10.3. The van der Waals surface area contributed by atoms with Crippen LogP contribution in [-0.4, -0.2) is 42.4 Å². The largest absolute Gasteiger partial charge is 0.310 e. The molecule has 1 aliphatic heterocycles. The van der Waals surface area contributed by atoms with E-state index in [0.717, 1.165) is 17.2 Å². The topological polar surface area (TPSA) is 49.4 Å². The van der Waals surface area contributed by atoms with E-state index in [9.17, 15) is 8.42 Å². The zero-order valence-electron chi connectivity index (χ0n) is 13.0. The molecular weight excluding hydrogens is 324 g/mol. The van der Waals surface area contributed by atoms with Crippen molar-refractivity contribution >= 4 is 33.1 Å². The van der Waals surface area contributed by atoms with Crippen molar-refractivity contribution in [1.82, 2.24) is 9.62 Å². The second kappa shape index (κ2) is 6.58. The standard InChI is InChI=1S/C14H24N2O2S3/c1-11(2)15-8-12-7-13(9-19-12)21(17,18)16-5-6-20-14(3,4)10-16/h7,9,11,15H,5-6,8,10H2,1-4H3. The van der Waals surface area contributed by atoms with Gasteiger partial charge in [0.05, 0.1) is 4.90 Å². The quantitative estimate of drug-likeness (QED) is 0.889. The third kappa shape index (κ3) is 4.45. The van der Waals surface area contributed by atoms with Crippen molar-refractivity contribution in [3.05, 3.63) is 16.3 Å². The molecule has 0 radical (unpaired) electrons. The molecule has 120 valence electrons. The molecule has 0 aliphatic carbocycles. The maximum Gasteiger partial charge on any atom is 0.243 e. The number of nitrogens with zero attached hydrogens (tertiary/aromatic N) is 1. The van der Waals surface area contributed by atoms with Crippen LogP contribution in [0.5, 0.6) is 0 Å². The first-order valence-corrected chi connectivity index (χ1v) is 10.5. The molecule has 0 aromatic carbocycles. The first-order valence-electron chi connectivity index (χ1n) is 7.16. The van der Waals surface area contributed by atoms with Gasteiger partial charge in [-0.1, -0.05) is 13.8 Å². The minimum absolute atomic E-state index is 0.0105. The average Bonchev–Trinajstić information content (AvgIpc) is 2.84. The van der Waals surface area contributed by atoms with Crippen molar-refractivity contribution in [3.63, 3.8) is 0 Å². The molecule has 21 heavy (non-hydrogen) atoms. The number of nitrogens with one attached hydrogen (secondary N) is 1. The Balaban J connectivity index is 2.12. The van der Waals surface area contributed by atoms with Gasteiger partial charge in [0.25, 0.3) is 0 Å². The van der Waals surface area contributed by atoms with Crippen molar-refractivity contribution in [2.24, 2.45) is 0 Å². The minimum atomic E-state index is -3.35. The summed E-state index contributed by atoms with van der Waals surface area (Å²) < 4.78 is 27.1. The van der Waals surface area contributed by atoms with Crippen LogP contribution in [0.1, 0.15) is 32.6 Å². The number of hydrogen-bond donors (Lipinski definition) is 1. The SMILES string of the molecule is CC(C)NCc1cc(S(=O)(=O)N2CCSC(C)(C)C2)cs1. The lowest BCUT2D eigenvalue weighted by Gasteiger charge is -2.36. The molecule has 2 heterocycles. The predicted molar refractivity (Wildman–Crippen MR) is 91.6 cm³/mol. The molecule has 0 atom stereocenters. The molecule has 1 aliphatic rings. The highest BCUT2D eigenvalue weighted by molar-refractivity contribution is 8.00. The second-order valence-electron chi connectivity index (χ2n) is 6.23. The highest BCUT2D eigenvalue weighted by atomic mass is 32.2. The van der Waals surface area contributed by atoms with Gasteiger partial charge in [-0.05, 0) is 19.9 Å². The smallest absolute Gasteiger partial charge is 0.243 e. The van der Waals surface area contributed by atoms with Crippen LogP contribution < -0.4 is 5.32 Å². The van der Waals surface area contributed by atoms with E-state index in [2.05, 4.69) is 33.0 Å². The third-order valence-corrected chi connectivity index (χ3v) is 7.55. The zero-order chi connectivity index (χ0) is 15.7. The number of thioether (sulfide) groups is 1. The highest BCUT2D eigenvalue weighted by Crippen LogP contribution is 2.33. The van der Waals surface area contributed by atoms with Crippen LogP contribution in [0.4, 0.5) is 0 Å². The molecular formula is C14H24N2O2S3. The molecule has 1 fully saturated rings. The van der Waals surface area contributed by atoms with Crippen molar-refractivity contribution < 1.29 is 8.42 Å². The first kappa shape index (κ1) is 17.3. The van der Waals surface area contributed by atoms with E-state index in [1.165, 1.54) is 11.3 Å². The van der Waals surface area contributed by atoms with E-state index in [0.29, 0.717) is 24.0 Å². The minimum Gasteiger partial charge on any atom is -0.310 e. The van der Waals surface area contributed by atoms with Gasteiger partial charge in [-0.3, -0.25) is 0 Å². The fourth-order valence-corrected chi connectivity index (χ4v) is 6.35. The van der Waals surface area contributed by atoms with Gasteiger partial charge in [0, 0.05) is 46.4 Å². The maximum absolute atomic E-state index is 12.7. The van der Waals surface area contributed by atoms with Crippen molar-refractivity contribution in [3.8, 4) is 0 Å². The summed E-state index contributed by atoms with van der Waals surface area (Å²) in [5, 5.41) is 5.08. The summed E-state index contributed by atoms with van der Waals surface area (Å²) in [4.78, 5) is 1.50. The van der Waals surface area contributed by atoms with Crippen LogP contribution in [0, 0.1) is 0 Å². The molecule has 1 aromatic rings. The number of rotatable bonds is 5. The van der Waals surface area contributed by atoms with Gasteiger partial charge in [-0.25, -0.2) is 8.42 Å². The average molecular weight is 349 g/mol. The van der Waals surface area contributed by atoms with Crippen LogP contribution in [0.15, 0.2) is 16.3 Å². The molecule has 1 N–H and O–H groups in total. The fourth-order valence-electron chi connectivity index (χ4n) is 2.22. The van der Waals surface area contributed by atoms with E-state index >= 15 is 0 Å². The third-order valence-electron chi connectivity index (χ3n) is 3.34. The molecule has 0 spiro atoms. The van der Waals surface area contributed by atoms with Crippen molar-refractivity contribution in [1.29, 1.82) is 0 Å². The summed E-state index contributed by atoms with van der Waals surface area (Å²) in [5.74, 6) is 0.859. The van der Waals surface area contributed by atoms with Crippen LogP contribution in [0.2, 0.25) is 0 Å². The Bertz CT molecular complexity index is 579. The molecule has 2 rings (SSSR count). The van der Waals surface area contributed by atoms with Crippen LogP contribution in [0.3, 0.4) is 0 Å². The Morgan fingerprint density at radius 1 is 1.43 bits per heavy atom. The van der Waals surface area contributed by atoms with E-state index in [1.807, 2.05) is 17.8 Å². The van der Waals surface area contributed by atoms with E-state index in [1.54, 1.807) is 9.69 Å². The van der Waals surface area contributed by atoms with Gasteiger partial charge >= 0.3 is 0 Å². The van der Waals surface area contributed by atoms with Gasteiger partial charge in [0.1, 0.15) is 0 Å². The Hall–Kier alpha value is -0.0800. The molecule has 0 amide bonds. The zero-order valence-corrected chi connectivity index (χ0v) is 15.5. The van der Waals surface area contributed by atoms with Crippen LogP contribution in [0.25, 0.3) is 0 Å². The van der Waals surface area contributed by atoms with Crippen molar-refractivity contribution in [2.45, 2.75) is 49.9 Å². The number of thiophene rings is 1. The van der Waals surface area contributed by atoms with Gasteiger partial charge in [0.2, 0.25) is 10.0 Å².